The smallest absolute Gasteiger partial charge is 0.291 e. The fourth-order valence-electron chi connectivity index (χ4n) is 2.84. The summed E-state index contributed by atoms with van der Waals surface area (Å²) in [4.78, 5) is 25.2. The van der Waals surface area contributed by atoms with Gasteiger partial charge >= 0.3 is 0 Å². The molecule has 0 fully saturated rings. The molecule has 2 amide bonds. The Morgan fingerprint density at radius 1 is 1.03 bits per heavy atom. The highest BCUT2D eigenvalue weighted by atomic mass is 16.7. The lowest BCUT2D eigenvalue weighted by Crippen LogP contribution is -2.32. The summed E-state index contributed by atoms with van der Waals surface area (Å²) in [6.07, 6.45) is 4.35. The van der Waals surface area contributed by atoms with Gasteiger partial charge in [0.25, 0.3) is 11.8 Å². The predicted octanol–water partition coefficient (Wildman–Crippen LogP) is 2.94. The summed E-state index contributed by atoms with van der Waals surface area (Å²) >= 11 is 0. The average Bonchev–Trinajstić information content (AvgIpc) is 3.51. The van der Waals surface area contributed by atoms with Gasteiger partial charge in [0.15, 0.2) is 17.3 Å². The van der Waals surface area contributed by atoms with E-state index in [0.717, 1.165) is 5.56 Å². The molecule has 1 aliphatic rings. The molecule has 0 unspecified atom stereocenters. The van der Waals surface area contributed by atoms with Gasteiger partial charge in [-0.2, -0.15) is 5.10 Å². The highest BCUT2D eigenvalue weighted by Crippen LogP contribution is 2.33. The number of hydrazone groups is 1. The molecule has 0 saturated heterocycles. The van der Waals surface area contributed by atoms with Crippen LogP contribution in [0.3, 0.4) is 0 Å². The van der Waals surface area contributed by atoms with Crippen LogP contribution >= 0.6 is 0 Å². The molecule has 0 saturated carbocycles. The third-order valence-electron chi connectivity index (χ3n) is 4.44. The maximum absolute atomic E-state index is 12.8. The van der Waals surface area contributed by atoms with Crippen LogP contribution in [-0.4, -0.2) is 31.9 Å². The van der Waals surface area contributed by atoms with Crippen LogP contribution in [0.1, 0.15) is 21.7 Å². The monoisotopic (exact) mass is 433 g/mol. The highest BCUT2D eigenvalue weighted by molar-refractivity contribution is 6.04. The summed E-state index contributed by atoms with van der Waals surface area (Å²) in [5.74, 6) is 0.741. The van der Waals surface area contributed by atoms with Gasteiger partial charge in [0.1, 0.15) is 11.4 Å². The minimum atomic E-state index is -0.618. The zero-order valence-electron chi connectivity index (χ0n) is 17.0. The fraction of sp³-hybridized carbons (Fsp3) is 0.0870. The van der Waals surface area contributed by atoms with E-state index in [0.29, 0.717) is 22.8 Å². The molecule has 0 radical (unpaired) electrons. The SMILES string of the molecule is COc1ccc(/C=N/NC(=O)/C(=C/c2ccc3c(c2)OCO3)NC(=O)c2ccco2)cc1. The molecule has 4 rings (SSSR count). The molecule has 32 heavy (non-hydrogen) atoms. The summed E-state index contributed by atoms with van der Waals surface area (Å²) in [7, 11) is 1.58. The van der Waals surface area contributed by atoms with E-state index in [2.05, 4.69) is 15.8 Å². The number of amides is 2. The zero-order chi connectivity index (χ0) is 22.3. The number of methoxy groups -OCH3 is 1. The molecule has 2 heterocycles. The van der Waals surface area contributed by atoms with Crippen molar-refractivity contribution in [3.63, 3.8) is 0 Å². The molecular formula is C23H19N3O6. The molecule has 0 spiro atoms. The first-order valence-electron chi connectivity index (χ1n) is 9.56. The number of hydrogen-bond acceptors (Lipinski definition) is 7. The van der Waals surface area contributed by atoms with Crippen LogP contribution in [0.25, 0.3) is 6.08 Å². The first-order chi connectivity index (χ1) is 15.6. The lowest BCUT2D eigenvalue weighted by molar-refractivity contribution is -0.117. The Bertz CT molecular complexity index is 1170. The number of rotatable bonds is 7. The normalized spacial score (nSPS) is 12.6. The first-order valence-corrected chi connectivity index (χ1v) is 9.56. The number of nitrogens with zero attached hydrogens (tertiary/aromatic N) is 1. The van der Waals surface area contributed by atoms with E-state index < -0.39 is 11.8 Å². The Kier molecular flexibility index (Phi) is 6.17. The second-order valence-electron chi connectivity index (χ2n) is 6.57. The van der Waals surface area contributed by atoms with Crippen LogP contribution in [-0.2, 0) is 4.79 Å². The lowest BCUT2D eigenvalue weighted by Gasteiger charge is -2.08. The number of benzene rings is 2. The first kappa shape index (κ1) is 20.7. The van der Waals surface area contributed by atoms with E-state index in [1.165, 1.54) is 24.6 Å². The summed E-state index contributed by atoms with van der Waals surface area (Å²) < 4.78 is 20.9. The van der Waals surface area contributed by atoms with Gasteiger partial charge < -0.3 is 23.9 Å². The van der Waals surface area contributed by atoms with Gasteiger partial charge in [-0.05, 0) is 65.7 Å². The molecule has 1 aliphatic heterocycles. The summed E-state index contributed by atoms with van der Waals surface area (Å²) in [5.41, 5.74) is 3.76. The number of furan rings is 1. The fourth-order valence-corrected chi connectivity index (χ4v) is 2.84. The molecule has 1 aromatic heterocycles. The van der Waals surface area contributed by atoms with Crippen LogP contribution in [0.4, 0.5) is 0 Å². The van der Waals surface area contributed by atoms with Crippen molar-refractivity contribution >= 4 is 24.1 Å². The Hall–Kier alpha value is -4.53. The second kappa shape index (κ2) is 9.52. The maximum atomic E-state index is 12.8. The van der Waals surface area contributed by atoms with Crippen molar-refractivity contribution in [3.05, 3.63) is 83.4 Å². The van der Waals surface area contributed by atoms with Crippen LogP contribution in [0.2, 0.25) is 0 Å². The Balaban J connectivity index is 1.52. The largest absolute Gasteiger partial charge is 0.497 e. The molecule has 0 atom stereocenters. The number of ether oxygens (including phenoxy) is 3. The van der Waals surface area contributed by atoms with Crippen LogP contribution in [0.5, 0.6) is 17.2 Å². The molecule has 3 aromatic rings. The number of carbonyl (C=O) groups is 2. The van der Waals surface area contributed by atoms with Crippen LogP contribution in [0, 0.1) is 0 Å². The average molecular weight is 433 g/mol. The van der Waals surface area contributed by atoms with Crippen molar-refractivity contribution in [2.24, 2.45) is 5.10 Å². The summed E-state index contributed by atoms with van der Waals surface area (Å²) in [5, 5.41) is 6.51. The van der Waals surface area contributed by atoms with E-state index in [-0.39, 0.29) is 18.3 Å². The zero-order valence-corrected chi connectivity index (χ0v) is 17.0. The molecule has 0 bridgehead atoms. The molecule has 2 N–H and O–H groups in total. The van der Waals surface area contributed by atoms with E-state index in [1.54, 1.807) is 55.6 Å². The van der Waals surface area contributed by atoms with Crippen molar-refractivity contribution in [2.75, 3.05) is 13.9 Å². The Labute approximate surface area is 183 Å². The second-order valence-corrected chi connectivity index (χ2v) is 6.57. The Morgan fingerprint density at radius 3 is 2.56 bits per heavy atom. The van der Waals surface area contributed by atoms with Crippen molar-refractivity contribution in [1.82, 2.24) is 10.7 Å². The number of fused-ring (bicyclic) bond motifs is 1. The van der Waals surface area contributed by atoms with Crippen molar-refractivity contribution in [1.29, 1.82) is 0 Å². The summed E-state index contributed by atoms with van der Waals surface area (Å²) in [6.45, 7) is 0.130. The number of carbonyl (C=O) groups excluding carboxylic acids is 2. The number of nitrogens with one attached hydrogen (secondary N) is 2. The van der Waals surface area contributed by atoms with Gasteiger partial charge in [-0.3, -0.25) is 9.59 Å². The molecular weight excluding hydrogens is 414 g/mol. The predicted molar refractivity (Wildman–Crippen MR) is 115 cm³/mol. The van der Waals surface area contributed by atoms with Gasteiger partial charge in [-0.1, -0.05) is 6.07 Å². The molecule has 162 valence electrons. The van der Waals surface area contributed by atoms with Crippen molar-refractivity contribution in [3.8, 4) is 17.2 Å². The van der Waals surface area contributed by atoms with Crippen molar-refractivity contribution in [2.45, 2.75) is 0 Å². The minimum absolute atomic E-state index is 0.0304. The van der Waals surface area contributed by atoms with E-state index in [9.17, 15) is 9.59 Å². The van der Waals surface area contributed by atoms with Gasteiger partial charge in [0, 0.05) is 0 Å². The lowest BCUT2D eigenvalue weighted by atomic mass is 10.1. The molecule has 0 aliphatic carbocycles. The van der Waals surface area contributed by atoms with Gasteiger partial charge in [0.05, 0.1) is 19.6 Å². The minimum Gasteiger partial charge on any atom is -0.497 e. The van der Waals surface area contributed by atoms with E-state index in [4.69, 9.17) is 18.6 Å². The van der Waals surface area contributed by atoms with Gasteiger partial charge in [0.2, 0.25) is 6.79 Å². The molecule has 2 aromatic carbocycles. The quantitative estimate of drug-likeness (QED) is 0.337. The third kappa shape index (κ3) is 4.96. The van der Waals surface area contributed by atoms with Gasteiger partial charge in [-0.15, -0.1) is 0 Å². The molecule has 9 heteroatoms. The maximum Gasteiger partial charge on any atom is 0.291 e. The van der Waals surface area contributed by atoms with Crippen LogP contribution in [0.15, 0.2) is 76.1 Å². The number of hydrogen-bond donors (Lipinski definition) is 2. The Morgan fingerprint density at radius 2 is 1.81 bits per heavy atom. The van der Waals surface area contributed by atoms with E-state index >= 15 is 0 Å². The third-order valence-corrected chi connectivity index (χ3v) is 4.44. The van der Waals surface area contributed by atoms with E-state index in [1.807, 2.05) is 0 Å². The highest BCUT2D eigenvalue weighted by Gasteiger charge is 2.18. The van der Waals surface area contributed by atoms with Crippen LogP contribution < -0.4 is 25.0 Å². The molecule has 9 nitrogen and oxygen atoms in total. The van der Waals surface area contributed by atoms with Gasteiger partial charge in [-0.25, -0.2) is 5.43 Å². The summed E-state index contributed by atoms with van der Waals surface area (Å²) in [6, 6.07) is 15.4. The van der Waals surface area contributed by atoms with Crippen molar-refractivity contribution < 1.29 is 28.2 Å². The topological polar surface area (TPSA) is 111 Å². The standard InChI is InChI=1S/C23H19N3O6/c1-29-17-7-4-15(5-8-17)13-24-26-22(27)18(25-23(28)20-3-2-10-30-20)11-16-6-9-19-21(12-16)32-14-31-19/h2-13H,14H2,1H3,(H,25,28)(H,26,27)/b18-11-,24-13+.